The van der Waals surface area contributed by atoms with Crippen molar-refractivity contribution in [3.05, 3.63) is 30.3 Å². The summed E-state index contributed by atoms with van der Waals surface area (Å²) in [5, 5.41) is 0.155. The van der Waals surface area contributed by atoms with Crippen LogP contribution in [0.15, 0.2) is 30.3 Å². The lowest BCUT2D eigenvalue weighted by molar-refractivity contribution is 0.0767. The molecule has 1 aromatic rings. The molecule has 0 fully saturated rings. The Balaban J connectivity index is 2.58. The third-order valence-corrected chi connectivity index (χ3v) is 3.25. The van der Waals surface area contributed by atoms with Gasteiger partial charge in [-0.1, -0.05) is 49.6 Å². The number of hydrogen-bond acceptors (Lipinski definition) is 1. The predicted octanol–water partition coefficient (Wildman–Crippen LogP) is 1.29. The Morgan fingerprint density at radius 2 is 1.60 bits per heavy atom. The van der Waals surface area contributed by atoms with Crippen molar-refractivity contribution in [2.45, 2.75) is 38.6 Å². The first-order chi connectivity index (χ1) is 6.83. The molecule has 1 rings (SSSR count). The summed E-state index contributed by atoms with van der Waals surface area (Å²) in [6.45, 7) is 8.71. The van der Waals surface area contributed by atoms with Crippen molar-refractivity contribution >= 4 is 20.8 Å². The number of hydrogen-bond donors (Lipinski definition) is 0. The summed E-state index contributed by atoms with van der Waals surface area (Å²) in [5.74, 6) is 0. The molecule has 0 aliphatic heterocycles. The lowest BCUT2D eigenvalue weighted by atomic mass is 9.61. The highest BCUT2D eigenvalue weighted by Gasteiger charge is 2.33. The molecule has 0 atom stereocenters. The van der Waals surface area contributed by atoms with Gasteiger partial charge in [-0.2, -0.15) is 0 Å². The maximum atomic E-state index is 5.98. The van der Waals surface area contributed by atoms with Crippen LogP contribution in [0.1, 0.15) is 27.7 Å². The van der Waals surface area contributed by atoms with Crippen LogP contribution in [0, 0.1) is 0 Å². The van der Waals surface area contributed by atoms with E-state index in [2.05, 4.69) is 47.7 Å². The fraction of sp³-hybridized carbons (Fsp3) is 0.500. The fourth-order valence-corrected chi connectivity index (χ4v) is 1.05. The molecule has 0 radical (unpaired) electrons. The molecule has 0 amide bonds. The van der Waals surface area contributed by atoms with E-state index in [1.807, 2.05) is 18.2 Å². The SMILES string of the molecule is BC(C)(C)C(C)(C)OBc1ccccc1. The second-order valence-electron chi connectivity index (χ2n) is 5.53. The van der Waals surface area contributed by atoms with E-state index in [0.29, 0.717) is 7.48 Å². The van der Waals surface area contributed by atoms with Gasteiger partial charge in [0.25, 0.3) is 0 Å². The third kappa shape index (κ3) is 3.42. The van der Waals surface area contributed by atoms with E-state index in [1.165, 1.54) is 5.46 Å². The number of benzene rings is 1. The average molecular weight is 202 g/mol. The molecule has 0 bridgehead atoms. The molecule has 0 unspecified atom stereocenters. The molecule has 0 aliphatic rings. The molecule has 3 heteroatoms. The molecular formula is C12H20B2O. The van der Waals surface area contributed by atoms with Gasteiger partial charge in [0.05, 0.1) is 0 Å². The summed E-state index contributed by atoms with van der Waals surface area (Å²) in [4.78, 5) is 0. The summed E-state index contributed by atoms with van der Waals surface area (Å²) >= 11 is 0. The zero-order valence-corrected chi connectivity index (χ0v) is 10.5. The molecule has 0 aliphatic carbocycles. The highest BCUT2D eigenvalue weighted by atomic mass is 16.5. The summed E-state index contributed by atoms with van der Waals surface area (Å²) in [6, 6.07) is 10.3. The van der Waals surface area contributed by atoms with Crippen LogP contribution in [0.25, 0.3) is 0 Å². The summed E-state index contributed by atoms with van der Waals surface area (Å²) in [6.07, 6.45) is 0. The zero-order valence-electron chi connectivity index (χ0n) is 10.5. The molecule has 1 aromatic carbocycles. The van der Waals surface area contributed by atoms with Crippen molar-refractivity contribution in [2.24, 2.45) is 0 Å². The van der Waals surface area contributed by atoms with E-state index >= 15 is 0 Å². The maximum absolute atomic E-state index is 5.98. The zero-order chi connectivity index (χ0) is 11.5. The van der Waals surface area contributed by atoms with Gasteiger partial charge in [-0.3, -0.25) is 0 Å². The monoisotopic (exact) mass is 202 g/mol. The Kier molecular flexibility index (Phi) is 3.67. The molecule has 15 heavy (non-hydrogen) atoms. The molecule has 0 heterocycles. The molecular weight excluding hydrogens is 182 g/mol. The molecule has 0 spiro atoms. The highest BCUT2D eigenvalue weighted by molar-refractivity contribution is 6.47. The minimum atomic E-state index is -0.108. The van der Waals surface area contributed by atoms with Crippen LogP contribution < -0.4 is 5.46 Å². The minimum Gasteiger partial charge on any atom is -0.430 e. The van der Waals surface area contributed by atoms with Crippen molar-refractivity contribution in [1.82, 2.24) is 0 Å². The summed E-state index contributed by atoms with van der Waals surface area (Å²) in [7, 11) is 2.89. The van der Waals surface area contributed by atoms with E-state index in [4.69, 9.17) is 4.65 Å². The molecule has 80 valence electrons. The van der Waals surface area contributed by atoms with Crippen LogP contribution in [0.5, 0.6) is 0 Å². The lowest BCUT2D eigenvalue weighted by Gasteiger charge is -2.39. The highest BCUT2D eigenvalue weighted by Crippen LogP contribution is 2.36. The normalized spacial score (nSPS) is 12.5. The lowest BCUT2D eigenvalue weighted by Crippen LogP contribution is -2.40. The van der Waals surface area contributed by atoms with Gasteiger partial charge in [-0.25, -0.2) is 0 Å². The smallest absolute Gasteiger partial charge is 0.309 e. The largest absolute Gasteiger partial charge is 0.430 e. The van der Waals surface area contributed by atoms with Crippen molar-refractivity contribution in [3.63, 3.8) is 0 Å². The second-order valence-corrected chi connectivity index (χ2v) is 5.53. The van der Waals surface area contributed by atoms with E-state index in [9.17, 15) is 0 Å². The number of rotatable bonds is 4. The first kappa shape index (κ1) is 12.4. The van der Waals surface area contributed by atoms with Crippen molar-refractivity contribution in [1.29, 1.82) is 0 Å². The van der Waals surface area contributed by atoms with Gasteiger partial charge in [0, 0.05) is 5.60 Å². The van der Waals surface area contributed by atoms with Gasteiger partial charge in [-0.05, 0) is 19.2 Å². The molecule has 0 saturated carbocycles. The van der Waals surface area contributed by atoms with E-state index < -0.39 is 0 Å². The molecule has 0 N–H and O–H groups in total. The van der Waals surface area contributed by atoms with Gasteiger partial charge in [0.15, 0.2) is 0 Å². The van der Waals surface area contributed by atoms with Gasteiger partial charge in [-0.15, -0.1) is 0 Å². The fourth-order valence-electron chi connectivity index (χ4n) is 1.05. The second kappa shape index (κ2) is 4.44. The molecule has 1 nitrogen and oxygen atoms in total. The Labute approximate surface area is 94.9 Å². The standard InChI is InChI=1S/C12H20B2O/c1-11(2,13)12(3,4)15-14-10-8-6-5-7-9-10/h5-9,14H,13H2,1-4H3. The van der Waals surface area contributed by atoms with Crippen LogP contribution in [-0.2, 0) is 4.65 Å². The quantitative estimate of drug-likeness (QED) is 0.668. The van der Waals surface area contributed by atoms with Crippen molar-refractivity contribution in [3.8, 4) is 0 Å². The average Bonchev–Trinajstić information content (AvgIpc) is 2.15. The molecule has 0 aromatic heterocycles. The third-order valence-electron chi connectivity index (χ3n) is 3.25. The van der Waals surface area contributed by atoms with Crippen LogP contribution >= 0.6 is 0 Å². The van der Waals surface area contributed by atoms with Crippen molar-refractivity contribution in [2.75, 3.05) is 0 Å². The summed E-state index contributed by atoms with van der Waals surface area (Å²) < 4.78 is 5.98. The van der Waals surface area contributed by atoms with Crippen LogP contribution in [0.2, 0.25) is 5.31 Å². The first-order valence-corrected chi connectivity index (χ1v) is 5.51. The predicted molar refractivity (Wildman–Crippen MR) is 71.0 cm³/mol. The Bertz CT molecular complexity index is 301. The Morgan fingerprint density at radius 1 is 1.07 bits per heavy atom. The Hall–Kier alpha value is -0.690. The van der Waals surface area contributed by atoms with Crippen LogP contribution in [0.3, 0.4) is 0 Å². The van der Waals surface area contributed by atoms with Gasteiger partial charge in [0.2, 0.25) is 0 Å². The van der Waals surface area contributed by atoms with Crippen LogP contribution in [-0.4, -0.2) is 20.9 Å². The molecule has 0 saturated heterocycles. The Morgan fingerprint density at radius 3 is 2.07 bits per heavy atom. The topological polar surface area (TPSA) is 9.23 Å². The minimum absolute atomic E-state index is 0.108. The summed E-state index contributed by atoms with van der Waals surface area (Å²) in [5.41, 5.74) is 1.12. The van der Waals surface area contributed by atoms with E-state index in [1.54, 1.807) is 0 Å². The van der Waals surface area contributed by atoms with Gasteiger partial charge < -0.3 is 4.65 Å². The van der Waals surface area contributed by atoms with E-state index in [-0.39, 0.29) is 10.9 Å². The van der Waals surface area contributed by atoms with Crippen molar-refractivity contribution < 1.29 is 4.65 Å². The van der Waals surface area contributed by atoms with E-state index in [0.717, 1.165) is 0 Å². The van der Waals surface area contributed by atoms with Gasteiger partial charge >= 0.3 is 7.48 Å². The first-order valence-electron chi connectivity index (χ1n) is 5.51. The van der Waals surface area contributed by atoms with Crippen LogP contribution in [0.4, 0.5) is 0 Å². The maximum Gasteiger partial charge on any atom is 0.309 e. The van der Waals surface area contributed by atoms with Gasteiger partial charge in [0.1, 0.15) is 7.85 Å².